The van der Waals surface area contributed by atoms with Crippen LogP contribution in [0.4, 0.5) is 11.4 Å². The van der Waals surface area contributed by atoms with Gasteiger partial charge in [-0.05, 0) is 48.5 Å². The third kappa shape index (κ3) is 3.77. The lowest BCUT2D eigenvalue weighted by atomic mass is 10.1. The molecular formula is C28H19N4O8+. The summed E-state index contributed by atoms with van der Waals surface area (Å²) in [6.45, 7) is 0.112. The van der Waals surface area contributed by atoms with Crippen molar-refractivity contribution in [2.45, 2.75) is 0 Å². The highest BCUT2D eigenvalue weighted by Crippen LogP contribution is 2.35. The van der Waals surface area contributed by atoms with Gasteiger partial charge in [0.15, 0.2) is 34.0 Å². The number of nitrogens with one attached hydrogen (secondary N) is 2. The number of benzene rings is 4. The molecular weight excluding hydrogens is 520 g/mol. The zero-order valence-corrected chi connectivity index (χ0v) is 20.5. The molecule has 198 valence electrons. The summed E-state index contributed by atoms with van der Waals surface area (Å²) in [5, 5.41) is 16.5. The van der Waals surface area contributed by atoms with E-state index in [4.69, 9.17) is 18.9 Å². The summed E-state index contributed by atoms with van der Waals surface area (Å²) in [7, 11) is 0. The Hall–Kier alpha value is -5.78. The number of amides is 2. The van der Waals surface area contributed by atoms with E-state index in [0.29, 0.717) is 27.4 Å². The number of hydrogen-bond donors (Lipinski definition) is 3. The average Bonchev–Trinajstić information content (AvgIpc) is 3.65. The Morgan fingerprint density at radius 3 is 1.85 bits per heavy atom. The lowest BCUT2D eigenvalue weighted by Gasteiger charge is -2.14. The third-order valence-corrected chi connectivity index (χ3v) is 6.66. The van der Waals surface area contributed by atoms with Gasteiger partial charge < -0.3 is 34.8 Å². The van der Waals surface area contributed by atoms with Gasteiger partial charge in [0.05, 0.1) is 15.8 Å². The van der Waals surface area contributed by atoms with Gasteiger partial charge >= 0.3 is 0 Å². The Morgan fingerprint density at radius 2 is 1.23 bits per heavy atom. The number of fused-ring (bicyclic) bond motifs is 4. The Labute approximate surface area is 224 Å². The number of carbonyl (C=O) groups is 2. The number of nitrogens with zero attached hydrogens (tertiary/aromatic N) is 2. The third-order valence-electron chi connectivity index (χ3n) is 6.66. The quantitative estimate of drug-likeness (QED) is 0.177. The smallest absolute Gasteiger partial charge is 0.292 e. The Balaban J connectivity index is 1.33. The summed E-state index contributed by atoms with van der Waals surface area (Å²) < 4.78 is 22.9. The number of aromatic nitrogens is 2. The highest BCUT2D eigenvalue weighted by atomic mass is 16.7. The molecule has 0 atom stereocenters. The SMILES string of the molecule is O=C(Nc1cc2c(cc1NC(=O)c1ccc3c(c1)OCO3)[n+](=O)c1ccccc1n2O)c1ccc2c(c1)OCO2. The summed E-state index contributed by atoms with van der Waals surface area (Å²) in [5.41, 5.74) is 1.44. The van der Waals surface area contributed by atoms with E-state index in [1.54, 1.807) is 48.5 Å². The van der Waals surface area contributed by atoms with Gasteiger partial charge in [-0.25, -0.2) is 0 Å². The minimum Gasteiger partial charge on any atom is -0.454 e. The van der Waals surface area contributed by atoms with Gasteiger partial charge in [-0.2, -0.15) is 4.73 Å². The Morgan fingerprint density at radius 1 is 0.675 bits per heavy atom. The Kier molecular flexibility index (Phi) is 5.20. The van der Waals surface area contributed by atoms with Crippen molar-refractivity contribution < 1.29 is 38.2 Å². The average molecular weight is 539 g/mol. The molecule has 0 aliphatic carbocycles. The molecule has 2 aliphatic rings. The number of ether oxygens (including phenoxy) is 4. The lowest BCUT2D eigenvalue weighted by molar-refractivity contribution is -0.433. The number of anilines is 2. The van der Waals surface area contributed by atoms with Gasteiger partial charge in [0, 0.05) is 28.2 Å². The fourth-order valence-corrected chi connectivity index (χ4v) is 4.66. The van der Waals surface area contributed by atoms with Gasteiger partial charge in [-0.1, -0.05) is 12.1 Å². The van der Waals surface area contributed by atoms with Crippen LogP contribution >= 0.6 is 0 Å². The van der Waals surface area contributed by atoms with Crippen LogP contribution in [0.2, 0.25) is 0 Å². The molecule has 0 saturated carbocycles. The van der Waals surface area contributed by atoms with E-state index >= 15 is 0 Å². The fraction of sp³-hybridized carbons (Fsp3) is 0.0714. The van der Waals surface area contributed by atoms with E-state index < -0.39 is 11.8 Å². The van der Waals surface area contributed by atoms with E-state index in [1.807, 2.05) is 0 Å². The molecule has 2 aliphatic heterocycles. The molecule has 3 heterocycles. The summed E-state index contributed by atoms with van der Waals surface area (Å²) in [4.78, 5) is 39.8. The first kappa shape index (κ1) is 23.3. The van der Waals surface area contributed by atoms with Gasteiger partial charge in [-0.15, -0.1) is 0 Å². The van der Waals surface area contributed by atoms with Crippen LogP contribution < -0.4 is 34.0 Å². The van der Waals surface area contributed by atoms with Crippen molar-refractivity contribution in [3.05, 3.63) is 88.8 Å². The summed E-state index contributed by atoms with van der Waals surface area (Å²) in [6, 6.07) is 18.8. The van der Waals surface area contributed by atoms with Crippen LogP contribution in [0.5, 0.6) is 23.0 Å². The van der Waals surface area contributed by atoms with E-state index in [-0.39, 0.29) is 58.2 Å². The maximum absolute atomic E-state index is 13.3. The first-order valence-corrected chi connectivity index (χ1v) is 12.1. The molecule has 4 aromatic carbocycles. The number of hydrogen-bond acceptors (Lipinski definition) is 8. The van der Waals surface area contributed by atoms with Crippen molar-refractivity contribution in [2.24, 2.45) is 0 Å². The largest absolute Gasteiger partial charge is 0.454 e. The van der Waals surface area contributed by atoms with Crippen LogP contribution in [0.15, 0.2) is 72.8 Å². The lowest BCUT2D eigenvalue weighted by Crippen LogP contribution is -2.22. The number of carbonyl (C=O) groups excluding carboxylic acids is 2. The molecule has 3 N–H and O–H groups in total. The minimum atomic E-state index is -0.522. The van der Waals surface area contributed by atoms with Crippen molar-refractivity contribution in [1.29, 1.82) is 0 Å². The highest BCUT2D eigenvalue weighted by molar-refractivity contribution is 6.11. The first-order valence-electron chi connectivity index (χ1n) is 12.1. The van der Waals surface area contributed by atoms with Crippen LogP contribution in [0.25, 0.3) is 22.1 Å². The van der Waals surface area contributed by atoms with Crippen LogP contribution in [0.1, 0.15) is 20.7 Å². The Bertz CT molecular complexity index is 1950. The van der Waals surface area contributed by atoms with E-state index in [1.165, 1.54) is 24.3 Å². The van der Waals surface area contributed by atoms with E-state index in [9.17, 15) is 19.7 Å². The monoisotopic (exact) mass is 539 g/mol. The van der Waals surface area contributed by atoms with E-state index in [2.05, 4.69) is 10.6 Å². The molecule has 0 saturated heterocycles. The molecule has 0 radical (unpaired) electrons. The van der Waals surface area contributed by atoms with Crippen LogP contribution in [-0.4, -0.2) is 35.3 Å². The second-order valence-electron chi connectivity index (χ2n) is 9.03. The standard InChI is InChI=1S/C28H18N4O8/c33-27(15-5-7-23-25(9-15)39-13-37-23)29-17-11-21-22(32(36)20-4-2-1-3-19(20)31(21)35)12-18(17)30-28(34)16-6-8-24-26(10-16)40-14-38-24/h1-12,35H,13-14H2,(H-,29,30,33,34,36)/p+1. The second-order valence-corrected chi connectivity index (χ2v) is 9.03. The molecule has 12 heteroatoms. The molecule has 5 aromatic rings. The number of rotatable bonds is 4. The maximum Gasteiger partial charge on any atom is 0.292 e. The molecule has 2 amide bonds. The zero-order valence-electron chi connectivity index (χ0n) is 20.5. The van der Waals surface area contributed by atoms with Crippen molar-refractivity contribution in [3.8, 4) is 23.0 Å². The van der Waals surface area contributed by atoms with Crippen molar-refractivity contribution >= 4 is 45.3 Å². The molecule has 40 heavy (non-hydrogen) atoms. The molecule has 0 fully saturated rings. The van der Waals surface area contributed by atoms with Crippen LogP contribution in [-0.2, 0) is 0 Å². The second kappa shape index (κ2) is 8.91. The predicted octanol–water partition coefficient (Wildman–Crippen LogP) is 3.91. The normalized spacial score (nSPS) is 13.0. The van der Waals surface area contributed by atoms with Crippen LogP contribution in [0.3, 0.4) is 0 Å². The van der Waals surface area contributed by atoms with E-state index in [0.717, 1.165) is 4.73 Å². The van der Waals surface area contributed by atoms with Gasteiger partial charge in [0.1, 0.15) is 0 Å². The van der Waals surface area contributed by atoms with Gasteiger partial charge in [-0.3, -0.25) is 9.59 Å². The number of para-hydroxylation sites is 2. The van der Waals surface area contributed by atoms with Gasteiger partial charge in [0.2, 0.25) is 13.6 Å². The molecule has 0 bridgehead atoms. The van der Waals surface area contributed by atoms with Crippen molar-refractivity contribution in [1.82, 2.24) is 4.73 Å². The predicted molar refractivity (Wildman–Crippen MR) is 141 cm³/mol. The molecule has 1 aromatic heterocycles. The maximum atomic E-state index is 13.3. The summed E-state index contributed by atoms with van der Waals surface area (Å²) in [5.74, 6) is 0.850. The minimum absolute atomic E-state index is 0.0553. The van der Waals surface area contributed by atoms with Crippen molar-refractivity contribution in [3.63, 3.8) is 0 Å². The highest BCUT2D eigenvalue weighted by Gasteiger charge is 2.24. The molecule has 0 unspecified atom stereocenters. The topological polar surface area (TPSA) is 143 Å². The van der Waals surface area contributed by atoms with Crippen molar-refractivity contribution in [2.75, 3.05) is 24.2 Å². The van der Waals surface area contributed by atoms with Crippen LogP contribution in [0, 0.1) is 4.91 Å². The van der Waals surface area contributed by atoms with Gasteiger partial charge in [0.25, 0.3) is 22.8 Å². The zero-order chi connectivity index (χ0) is 27.4. The molecule has 12 nitrogen and oxygen atoms in total. The fourth-order valence-electron chi connectivity index (χ4n) is 4.66. The molecule has 7 rings (SSSR count). The first-order chi connectivity index (χ1) is 19.5. The summed E-state index contributed by atoms with van der Waals surface area (Å²) in [6.07, 6.45) is 0. The summed E-state index contributed by atoms with van der Waals surface area (Å²) >= 11 is 0. The molecule has 0 spiro atoms.